The van der Waals surface area contributed by atoms with Crippen LogP contribution in [-0.2, 0) is 14.3 Å². The summed E-state index contributed by atoms with van der Waals surface area (Å²) in [5.74, 6) is -0.676. The van der Waals surface area contributed by atoms with Gasteiger partial charge in [0.1, 0.15) is 6.54 Å². The van der Waals surface area contributed by atoms with E-state index in [-0.39, 0.29) is 17.6 Å². The Morgan fingerprint density at radius 3 is 2.50 bits per heavy atom. The van der Waals surface area contributed by atoms with Gasteiger partial charge in [-0.3, -0.25) is 20.4 Å². The third-order valence-corrected chi connectivity index (χ3v) is 1.30. The summed E-state index contributed by atoms with van der Waals surface area (Å²) in [6.45, 7) is 3.35. The molecule has 1 amide bonds. The third kappa shape index (κ3) is 7.29. The predicted octanol–water partition coefficient (Wildman–Crippen LogP) is -0.935. The second kappa shape index (κ2) is 7.07. The van der Waals surface area contributed by atoms with Gasteiger partial charge in [-0.15, -0.1) is 0 Å². The van der Waals surface area contributed by atoms with Gasteiger partial charge in [0.05, 0.1) is 6.61 Å². The fraction of sp³-hybridized carbons (Fsp3) is 0.571. The maximum Gasteiger partial charge on any atom is 0.325 e. The van der Waals surface area contributed by atoms with Crippen molar-refractivity contribution >= 4 is 29.2 Å². The first kappa shape index (κ1) is 12.6. The van der Waals surface area contributed by atoms with E-state index in [1.54, 1.807) is 6.92 Å². The van der Waals surface area contributed by atoms with Crippen molar-refractivity contribution in [2.24, 2.45) is 0 Å². The topological polar surface area (TPSA) is 79.5 Å². The standard InChI is InChI=1S/C7H13N3O3S/c1-3-13-6(12)4-8-7(14)10-9-5(2)11/h3-4H2,1-2H3,(H,9,11)(H2,8,10,14). The van der Waals surface area contributed by atoms with Crippen LogP contribution in [0.5, 0.6) is 0 Å². The Kier molecular flexibility index (Phi) is 6.38. The molecule has 0 aromatic heterocycles. The molecule has 0 aliphatic carbocycles. The van der Waals surface area contributed by atoms with Crippen molar-refractivity contribution in [3.05, 3.63) is 0 Å². The number of hydrazine groups is 1. The second-order valence-corrected chi connectivity index (χ2v) is 2.70. The molecule has 0 saturated carbocycles. The maximum atomic E-state index is 10.8. The molecule has 0 aliphatic rings. The zero-order chi connectivity index (χ0) is 11.0. The number of amides is 1. The van der Waals surface area contributed by atoms with Gasteiger partial charge in [0.25, 0.3) is 0 Å². The van der Waals surface area contributed by atoms with E-state index in [1.807, 2.05) is 0 Å². The van der Waals surface area contributed by atoms with Gasteiger partial charge in [-0.1, -0.05) is 0 Å². The number of carbonyl (C=O) groups excluding carboxylic acids is 2. The number of thiocarbonyl (C=S) groups is 1. The highest BCUT2D eigenvalue weighted by atomic mass is 32.1. The first-order valence-corrected chi connectivity index (χ1v) is 4.43. The SMILES string of the molecule is CCOC(=O)CNC(=S)NNC(C)=O. The number of rotatable bonds is 3. The number of hydrogen-bond donors (Lipinski definition) is 3. The molecule has 0 radical (unpaired) electrons. The molecule has 0 saturated heterocycles. The van der Waals surface area contributed by atoms with E-state index in [4.69, 9.17) is 12.2 Å². The van der Waals surface area contributed by atoms with Crippen LogP contribution in [0.1, 0.15) is 13.8 Å². The zero-order valence-electron chi connectivity index (χ0n) is 8.05. The number of carbonyl (C=O) groups is 2. The van der Waals surface area contributed by atoms with Crippen LogP contribution < -0.4 is 16.2 Å². The molecule has 3 N–H and O–H groups in total. The van der Waals surface area contributed by atoms with Crippen molar-refractivity contribution < 1.29 is 14.3 Å². The molecule has 6 nitrogen and oxygen atoms in total. The summed E-state index contributed by atoms with van der Waals surface area (Å²) in [4.78, 5) is 21.3. The summed E-state index contributed by atoms with van der Waals surface area (Å²) in [5.41, 5.74) is 4.65. The summed E-state index contributed by atoms with van der Waals surface area (Å²) in [7, 11) is 0. The predicted molar refractivity (Wildman–Crippen MR) is 54.2 cm³/mol. The first-order valence-electron chi connectivity index (χ1n) is 4.02. The molecule has 0 spiro atoms. The van der Waals surface area contributed by atoms with Crippen LogP contribution >= 0.6 is 12.2 Å². The first-order chi connectivity index (χ1) is 6.56. The minimum atomic E-state index is -0.403. The molecule has 0 unspecified atom stereocenters. The Balaban J connectivity index is 3.53. The average Bonchev–Trinajstić information content (AvgIpc) is 2.12. The van der Waals surface area contributed by atoms with Crippen LogP contribution in [0, 0.1) is 0 Å². The summed E-state index contributed by atoms with van der Waals surface area (Å²) in [5, 5.41) is 2.71. The monoisotopic (exact) mass is 219 g/mol. The van der Waals surface area contributed by atoms with Gasteiger partial charge >= 0.3 is 5.97 Å². The van der Waals surface area contributed by atoms with E-state index in [1.165, 1.54) is 6.92 Å². The molecule has 0 aromatic carbocycles. The van der Waals surface area contributed by atoms with Crippen LogP contribution in [-0.4, -0.2) is 30.1 Å². The largest absolute Gasteiger partial charge is 0.465 e. The van der Waals surface area contributed by atoms with Gasteiger partial charge < -0.3 is 10.1 Å². The number of nitrogens with one attached hydrogen (secondary N) is 3. The van der Waals surface area contributed by atoms with Crippen molar-refractivity contribution in [2.75, 3.05) is 13.2 Å². The van der Waals surface area contributed by atoms with E-state index in [2.05, 4.69) is 20.9 Å². The molecule has 0 fully saturated rings. The van der Waals surface area contributed by atoms with E-state index in [0.29, 0.717) is 6.61 Å². The van der Waals surface area contributed by atoms with Gasteiger partial charge in [-0.05, 0) is 19.1 Å². The van der Waals surface area contributed by atoms with Gasteiger partial charge in [0.15, 0.2) is 5.11 Å². The molecule has 0 atom stereocenters. The van der Waals surface area contributed by atoms with Crippen LogP contribution in [0.4, 0.5) is 0 Å². The van der Waals surface area contributed by atoms with Gasteiger partial charge in [0.2, 0.25) is 5.91 Å². The van der Waals surface area contributed by atoms with Gasteiger partial charge in [0, 0.05) is 6.92 Å². The Hall–Kier alpha value is -1.37. The van der Waals surface area contributed by atoms with Crippen LogP contribution in [0.15, 0.2) is 0 Å². The lowest BCUT2D eigenvalue weighted by Gasteiger charge is -2.09. The highest BCUT2D eigenvalue weighted by Crippen LogP contribution is 1.75. The Morgan fingerprint density at radius 2 is 2.00 bits per heavy atom. The van der Waals surface area contributed by atoms with Crippen LogP contribution in [0.2, 0.25) is 0 Å². The van der Waals surface area contributed by atoms with Crippen molar-refractivity contribution in [1.82, 2.24) is 16.2 Å². The fourth-order valence-corrected chi connectivity index (χ4v) is 0.677. The highest BCUT2D eigenvalue weighted by Gasteiger charge is 2.02. The van der Waals surface area contributed by atoms with Gasteiger partial charge in [-0.25, -0.2) is 0 Å². The Bertz CT molecular complexity index is 232. The molecule has 80 valence electrons. The molecular formula is C7H13N3O3S. The Labute approximate surface area is 87.3 Å². The minimum absolute atomic E-state index is 0.0285. The number of hydrogen-bond acceptors (Lipinski definition) is 4. The Morgan fingerprint density at radius 1 is 1.36 bits per heavy atom. The van der Waals surface area contributed by atoms with Crippen LogP contribution in [0.3, 0.4) is 0 Å². The molecular weight excluding hydrogens is 206 g/mol. The molecule has 0 rings (SSSR count). The van der Waals surface area contributed by atoms with E-state index >= 15 is 0 Å². The lowest BCUT2D eigenvalue weighted by Crippen LogP contribution is -2.47. The summed E-state index contributed by atoms with van der Waals surface area (Å²) >= 11 is 4.73. The lowest BCUT2D eigenvalue weighted by molar-refractivity contribution is -0.141. The smallest absolute Gasteiger partial charge is 0.325 e. The summed E-state index contributed by atoms with van der Waals surface area (Å²) in [6.07, 6.45) is 0. The third-order valence-electron chi connectivity index (χ3n) is 1.05. The zero-order valence-corrected chi connectivity index (χ0v) is 8.86. The van der Waals surface area contributed by atoms with Crippen molar-refractivity contribution in [1.29, 1.82) is 0 Å². The highest BCUT2D eigenvalue weighted by molar-refractivity contribution is 7.80. The number of esters is 1. The van der Waals surface area contributed by atoms with E-state index in [9.17, 15) is 9.59 Å². The lowest BCUT2D eigenvalue weighted by atomic mass is 10.6. The van der Waals surface area contributed by atoms with E-state index in [0.717, 1.165) is 0 Å². The molecule has 0 bridgehead atoms. The van der Waals surface area contributed by atoms with Crippen molar-refractivity contribution in [3.8, 4) is 0 Å². The average molecular weight is 219 g/mol. The molecule has 0 heterocycles. The molecule has 14 heavy (non-hydrogen) atoms. The normalized spacial score (nSPS) is 8.71. The van der Waals surface area contributed by atoms with E-state index < -0.39 is 5.97 Å². The van der Waals surface area contributed by atoms with Crippen LogP contribution in [0.25, 0.3) is 0 Å². The molecule has 0 aromatic rings. The molecule has 7 heteroatoms. The summed E-state index contributed by atoms with van der Waals surface area (Å²) < 4.78 is 4.64. The number of ether oxygens (including phenoxy) is 1. The quantitative estimate of drug-likeness (QED) is 0.323. The summed E-state index contributed by atoms with van der Waals surface area (Å²) in [6, 6.07) is 0. The maximum absolute atomic E-state index is 10.8. The second-order valence-electron chi connectivity index (χ2n) is 2.29. The molecule has 0 aliphatic heterocycles. The van der Waals surface area contributed by atoms with Crippen molar-refractivity contribution in [3.63, 3.8) is 0 Å². The minimum Gasteiger partial charge on any atom is -0.465 e. The fourth-order valence-electron chi connectivity index (χ4n) is 0.553. The van der Waals surface area contributed by atoms with Crippen molar-refractivity contribution in [2.45, 2.75) is 13.8 Å². The van der Waals surface area contributed by atoms with Gasteiger partial charge in [-0.2, -0.15) is 0 Å².